The maximum Gasteiger partial charge on any atom is 0.146 e. The van der Waals surface area contributed by atoms with Gasteiger partial charge in [-0.05, 0) is 43.4 Å². The van der Waals surface area contributed by atoms with Crippen molar-refractivity contribution in [2.24, 2.45) is 5.10 Å². The van der Waals surface area contributed by atoms with Crippen LogP contribution < -0.4 is 5.43 Å². The molecule has 104 valence electrons. The topological polar surface area (TPSA) is 37.5 Å². The van der Waals surface area contributed by atoms with Crippen LogP contribution in [0.2, 0.25) is 0 Å². The zero-order valence-electron chi connectivity index (χ0n) is 11.8. The summed E-state index contributed by atoms with van der Waals surface area (Å²) in [7, 11) is 0. The minimum atomic E-state index is 0.788. The highest BCUT2D eigenvalue weighted by Gasteiger charge is 2.17. The molecule has 1 fully saturated rings. The number of rotatable bonds is 9. The van der Waals surface area contributed by atoms with E-state index in [1.165, 1.54) is 50.6 Å². The Morgan fingerprint density at radius 2 is 2.16 bits per heavy atom. The first-order valence-electron chi connectivity index (χ1n) is 7.43. The number of hydrogen-bond donors (Lipinski definition) is 1. The zero-order chi connectivity index (χ0) is 13.3. The average molecular weight is 260 g/mol. The maximum atomic E-state index is 5.21. The van der Waals surface area contributed by atoms with Crippen LogP contribution in [0.1, 0.15) is 64.1 Å². The summed E-state index contributed by atoms with van der Waals surface area (Å²) in [6.07, 6.45) is 13.6. The van der Waals surface area contributed by atoms with E-state index in [-0.39, 0.29) is 0 Å². The third-order valence-electron chi connectivity index (χ3n) is 3.39. The number of allylic oxidation sites excluding steroid dienone is 2. The Kier molecular flexibility index (Phi) is 5.73. The Balaban J connectivity index is 1.71. The van der Waals surface area contributed by atoms with Crippen LogP contribution in [0.25, 0.3) is 0 Å². The van der Waals surface area contributed by atoms with Crippen LogP contribution in [0.3, 0.4) is 0 Å². The van der Waals surface area contributed by atoms with Crippen LogP contribution in [-0.2, 0) is 0 Å². The first-order valence-corrected chi connectivity index (χ1v) is 7.43. The molecule has 1 heterocycles. The van der Waals surface area contributed by atoms with Crippen LogP contribution in [0.5, 0.6) is 0 Å². The van der Waals surface area contributed by atoms with Crippen molar-refractivity contribution < 1.29 is 4.42 Å². The Labute approximate surface area is 115 Å². The minimum Gasteiger partial charge on any atom is -0.463 e. The lowest BCUT2D eigenvalue weighted by Gasteiger charge is -2.06. The maximum absolute atomic E-state index is 5.21. The van der Waals surface area contributed by atoms with Crippen molar-refractivity contribution in [1.29, 1.82) is 0 Å². The Bertz CT molecular complexity index is 412. The Morgan fingerprint density at radius 3 is 2.84 bits per heavy atom. The normalized spacial score (nSPS) is 14.1. The number of nitrogens with one attached hydrogen (secondary N) is 1. The molecule has 0 aromatic carbocycles. The standard InChI is InChI=1S/C16H24N2O/c1-2-3-4-5-6-9-16(14-10-11-14)18-17-13-15-8-7-12-19-15/h7-8,12-13,18H,2-6,9-11H2,1H3/b17-13+. The van der Waals surface area contributed by atoms with E-state index in [0.717, 1.165) is 12.2 Å². The van der Waals surface area contributed by atoms with Crippen molar-refractivity contribution in [3.8, 4) is 0 Å². The fourth-order valence-corrected chi connectivity index (χ4v) is 2.12. The van der Waals surface area contributed by atoms with Gasteiger partial charge in [-0.15, -0.1) is 0 Å². The summed E-state index contributed by atoms with van der Waals surface area (Å²) >= 11 is 0. The summed E-state index contributed by atoms with van der Waals surface area (Å²) in [4.78, 5) is 0. The van der Waals surface area contributed by atoms with Crippen molar-refractivity contribution in [1.82, 2.24) is 5.43 Å². The zero-order valence-corrected chi connectivity index (χ0v) is 11.8. The van der Waals surface area contributed by atoms with Crippen LogP contribution in [-0.4, -0.2) is 6.21 Å². The van der Waals surface area contributed by atoms with Crippen molar-refractivity contribution >= 4 is 6.21 Å². The van der Waals surface area contributed by atoms with Gasteiger partial charge in [0.05, 0.1) is 12.5 Å². The van der Waals surface area contributed by atoms with E-state index < -0.39 is 0 Å². The van der Waals surface area contributed by atoms with Gasteiger partial charge in [-0.2, -0.15) is 5.10 Å². The molecule has 1 aromatic heterocycles. The predicted octanol–water partition coefficient (Wildman–Crippen LogP) is 4.61. The van der Waals surface area contributed by atoms with Gasteiger partial charge in [0.25, 0.3) is 0 Å². The van der Waals surface area contributed by atoms with Gasteiger partial charge in [0.1, 0.15) is 5.76 Å². The van der Waals surface area contributed by atoms with E-state index in [4.69, 9.17) is 4.42 Å². The molecular formula is C16H24N2O. The van der Waals surface area contributed by atoms with Crippen LogP contribution in [0, 0.1) is 0 Å². The summed E-state index contributed by atoms with van der Waals surface area (Å²) in [5.74, 6) is 0.788. The predicted molar refractivity (Wildman–Crippen MR) is 79.1 cm³/mol. The van der Waals surface area contributed by atoms with Gasteiger partial charge in [-0.1, -0.05) is 32.6 Å². The van der Waals surface area contributed by atoms with Crippen LogP contribution in [0.15, 0.2) is 39.2 Å². The molecule has 0 radical (unpaired) electrons. The molecule has 1 saturated carbocycles. The molecule has 3 nitrogen and oxygen atoms in total. The lowest BCUT2D eigenvalue weighted by Crippen LogP contribution is -2.06. The molecule has 1 aliphatic rings. The molecule has 3 heteroatoms. The first kappa shape index (κ1) is 13.9. The van der Waals surface area contributed by atoms with Gasteiger partial charge >= 0.3 is 0 Å². The van der Waals surface area contributed by atoms with Gasteiger partial charge in [-0.25, -0.2) is 0 Å². The van der Waals surface area contributed by atoms with Crippen molar-refractivity contribution in [2.45, 2.75) is 58.3 Å². The molecular weight excluding hydrogens is 236 g/mol. The largest absolute Gasteiger partial charge is 0.463 e. The molecule has 1 N–H and O–H groups in total. The number of nitrogens with zero attached hydrogens (tertiary/aromatic N) is 1. The lowest BCUT2D eigenvalue weighted by atomic mass is 10.1. The van der Waals surface area contributed by atoms with Crippen LogP contribution in [0.4, 0.5) is 0 Å². The number of hydrogen-bond acceptors (Lipinski definition) is 3. The second kappa shape index (κ2) is 7.82. The Hall–Kier alpha value is -1.51. The number of furan rings is 1. The van der Waals surface area contributed by atoms with Crippen molar-refractivity contribution in [3.05, 3.63) is 35.4 Å². The quantitative estimate of drug-likeness (QED) is 0.400. The summed E-state index contributed by atoms with van der Waals surface area (Å²) in [6.45, 7) is 2.25. The summed E-state index contributed by atoms with van der Waals surface area (Å²) < 4.78 is 5.21. The molecule has 2 rings (SSSR count). The van der Waals surface area contributed by atoms with E-state index in [2.05, 4.69) is 17.5 Å². The van der Waals surface area contributed by atoms with E-state index in [1.54, 1.807) is 18.1 Å². The first-order chi connectivity index (χ1) is 9.40. The molecule has 0 bridgehead atoms. The van der Waals surface area contributed by atoms with E-state index in [1.807, 2.05) is 12.1 Å². The fourth-order valence-electron chi connectivity index (χ4n) is 2.12. The van der Waals surface area contributed by atoms with Gasteiger partial charge in [-0.3, -0.25) is 5.43 Å². The van der Waals surface area contributed by atoms with Gasteiger partial charge in [0.15, 0.2) is 0 Å². The summed E-state index contributed by atoms with van der Waals surface area (Å²) in [6, 6.07) is 3.77. The van der Waals surface area contributed by atoms with E-state index in [9.17, 15) is 0 Å². The molecule has 0 atom stereocenters. The molecule has 1 aliphatic carbocycles. The van der Waals surface area contributed by atoms with Gasteiger partial charge in [0, 0.05) is 5.70 Å². The highest BCUT2D eigenvalue weighted by Crippen LogP contribution is 2.32. The van der Waals surface area contributed by atoms with Gasteiger partial charge in [0.2, 0.25) is 0 Å². The number of unbranched alkanes of at least 4 members (excludes halogenated alkanes) is 4. The molecule has 19 heavy (non-hydrogen) atoms. The molecule has 0 saturated heterocycles. The second-order valence-corrected chi connectivity index (χ2v) is 5.13. The third kappa shape index (κ3) is 5.33. The van der Waals surface area contributed by atoms with E-state index in [0.29, 0.717) is 0 Å². The summed E-state index contributed by atoms with van der Waals surface area (Å²) in [5.41, 5.74) is 6.08. The number of hydrazone groups is 1. The van der Waals surface area contributed by atoms with E-state index >= 15 is 0 Å². The minimum absolute atomic E-state index is 0.788. The highest BCUT2D eigenvalue weighted by atomic mass is 16.3. The Morgan fingerprint density at radius 1 is 1.32 bits per heavy atom. The summed E-state index contributed by atoms with van der Waals surface area (Å²) in [5, 5.41) is 4.26. The van der Waals surface area contributed by atoms with Crippen molar-refractivity contribution in [3.63, 3.8) is 0 Å². The van der Waals surface area contributed by atoms with Crippen LogP contribution >= 0.6 is 0 Å². The molecule has 1 aromatic rings. The van der Waals surface area contributed by atoms with Gasteiger partial charge < -0.3 is 4.42 Å². The average Bonchev–Trinajstić information content (AvgIpc) is 3.14. The fraction of sp³-hybridized carbons (Fsp3) is 0.562. The highest BCUT2D eigenvalue weighted by molar-refractivity contribution is 5.75. The smallest absolute Gasteiger partial charge is 0.146 e. The molecule has 0 aliphatic heterocycles. The third-order valence-corrected chi connectivity index (χ3v) is 3.39. The second-order valence-electron chi connectivity index (χ2n) is 5.13. The molecule has 0 spiro atoms. The monoisotopic (exact) mass is 260 g/mol. The van der Waals surface area contributed by atoms with Crippen molar-refractivity contribution in [2.75, 3.05) is 0 Å². The molecule has 0 unspecified atom stereocenters. The lowest BCUT2D eigenvalue weighted by molar-refractivity contribution is 0.559. The molecule has 0 amide bonds. The SMILES string of the molecule is CCCCCCCC(N/N=C/c1ccco1)=C1CC1.